The van der Waals surface area contributed by atoms with E-state index in [1.165, 1.54) is 0 Å². The maximum atomic E-state index is 5.86. The van der Waals surface area contributed by atoms with Gasteiger partial charge in [-0.15, -0.1) is 0 Å². The van der Waals surface area contributed by atoms with Crippen LogP contribution in [0, 0.1) is 5.92 Å². The molecule has 0 aromatic rings. The van der Waals surface area contributed by atoms with Crippen molar-refractivity contribution in [2.75, 3.05) is 39.5 Å². The minimum absolute atomic E-state index is 0.184. The van der Waals surface area contributed by atoms with Crippen LogP contribution in [0.4, 0.5) is 0 Å². The van der Waals surface area contributed by atoms with E-state index < -0.39 is 0 Å². The third-order valence-corrected chi connectivity index (χ3v) is 4.02. The summed E-state index contributed by atoms with van der Waals surface area (Å²) in [4.78, 5) is 2.39. The Hall–Kier alpha value is -0.200. The first-order valence-corrected chi connectivity index (χ1v) is 6.67. The molecule has 3 fully saturated rings. The number of nitrogens with two attached hydrogens (primary N) is 1. The van der Waals surface area contributed by atoms with Gasteiger partial charge in [0.2, 0.25) is 0 Å². The molecule has 0 saturated carbocycles. The van der Waals surface area contributed by atoms with Gasteiger partial charge in [0.15, 0.2) is 0 Å². The van der Waals surface area contributed by atoms with E-state index in [0.29, 0.717) is 24.8 Å². The van der Waals surface area contributed by atoms with Gasteiger partial charge in [0.05, 0.1) is 12.7 Å². The van der Waals surface area contributed by atoms with Gasteiger partial charge in [-0.2, -0.15) is 0 Å². The van der Waals surface area contributed by atoms with Gasteiger partial charge in [0.1, 0.15) is 12.3 Å². The predicted molar refractivity (Wildman–Crippen MR) is 62.6 cm³/mol. The molecule has 3 heterocycles. The third kappa shape index (κ3) is 2.63. The molecule has 0 aromatic heterocycles. The Bertz CT molecular complexity index is 258. The average Bonchev–Trinajstić information content (AvgIpc) is 3.20. The van der Waals surface area contributed by atoms with Crippen LogP contribution >= 0.6 is 0 Å². The normalized spacial score (nSPS) is 40.4. The lowest BCUT2D eigenvalue weighted by atomic mass is 9.96. The molecule has 0 aromatic carbocycles. The molecular weight excluding hydrogens is 220 g/mol. The summed E-state index contributed by atoms with van der Waals surface area (Å²) in [6.07, 6.45) is 3.22. The monoisotopic (exact) mass is 242 g/mol. The zero-order chi connectivity index (χ0) is 11.7. The van der Waals surface area contributed by atoms with Gasteiger partial charge >= 0.3 is 0 Å². The number of ether oxygens (including phenoxy) is 3. The molecule has 3 atom stereocenters. The van der Waals surface area contributed by atoms with E-state index in [4.69, 9.17) is 19.9 Å². The molecule has 5 heteroatoms. The zero-order valence-electron chi connectivity index (χ0n) is 10.2. The molecule has 3 saturated heterocycles. The summed E-state index contributed by atoms with van der Waals surface area (Å²) in [5.74, 6) is 0.688. The van der Waals surface area contributed by atoms with E-state index in [1.807, 2.05) is 0 Å². The van der Waals surface area contributed by atoms with Crippen LogP contribution in [0.2, 0.25) is 0 Å². The molecule has 0 amide bonds. The Kier molecular flexibility index (Phi) is 3.63. The molecule has 2 N–H and O–H groups in total. The second-order valence-corrected chi connectivity index (χ2v) is 5.16. The zero-order valence-corrected chi connectivity index (χ0v) is 10.2. The van der Waals surface area contributed by atoms with Gasteiger partial charge in [-0.1, -0.05) is 0 Å². The summed E-state index contributed by atoms with van der Waals surface area (Å²) < 4.78 is 16.8. The van der Waals surface area contributed by atoms with Crippen molar-refractivity contribution in [3.05, 3.63) is 0 Å². The summed E-state index contributed by atoms with van der Waals surface area (Å²) in [7, 11) is 0. The van der Waals surface area contributed by atoms with E-state index >= 15 is 0 Å². The maximum absolute atomic E-state index is 5.86. The lowest BCUT2D eigenvalue weighted by Crippen LogP contribution is -2.47. The van der Waals surface area contributed by atoms with Crippen molar-refractivity contribution in [3.8, 4) is 0 Å². The van der Waals surface area contributed by atoms with Crippen molar-refractivity contribution < 1.29 is 14.2 Å². The summed E-state index contributed by atoms with van der Waals surface area (Å²) >= 11 is 0. The SMILES string of the molecule is NCC1CN(C2OC2C2CCOCC2)CCO1. The highest BCUT2D eigenvalue weighted by Crippen LogP contribution is 2.37. The van der Waals surface area contributed by atoms with E-state index in [9.17, 15) is 0 Å². The first kappa shape index (κ1) is 11.9. The van der Waals surface area contributed by atoms with E-state index in [-0.39, 0.29) is 6.10 Å². The minimum Gasteiger partial charge on any atom is -0.381 e. The Labute approximate surface area is 102 Å². The fraction of sp³-hybridized carbons (Fsp3) is 1.00. The Morgan fingerprint density at radius 3 is 2.76 bits per heavy atom. The number of morpholine rings is 1. The van der Waals surface area contributed by atoms with Gasteiger partial charge in [-0.05, 0) is 18.8 Å². The topological polar surface area (TPSA) is 60.2 Å². The van der Waals surface area contributed by atoms with Crippen molar-refractivity contribution in [2.45, 2.75) is 31.3 Å². The van der Waals surface area contributed by atoms with Crippen molar-refractivity contribution >= 4 is 0 Å². The van der Waals surface area contributed by atoms with Crippen LogP contribution < -0.4 is 5.73 Å². The third-order valence-electron chi connectivity index (χ3n) is 4.02. The second-order valence-electron chi connectivity index (χ2n) is 5.16. The van der Waals surface area contributed by atoms with Crippen LogP contribution in [-0.4, -0.2) is 62.8 Å². The van der Waals surface area contributed by atoms with Crippen molar-refractivity contribution in [1.82, 2.24) is 4.90 Å². The number of nitrogens with zero attached hydrogens (tertiary/aromatic N) is 1. The second kappa shape index (κ2) is 5.20. The van der Waals surface area contributed by atoms with Gasteiger partial charge in [0, 0.05) is 32.8 Å². The standard InChI is InChI=1S/C12H22N2O3/c13-7-10-8-14(3-6-16-10)12-11(17-12)9-1-4-15-5-2-9/h9-12H,1-8,13H2. The highest BCUT2D eigenvalue weighted by molar-refractivity contribution is 4.93. The van der Waals surface area contributed by atoms with Crippen LogP contribution in [-0.2, 0) is 14.2 Å². The molecule has 17 heavy (non-hydrogen) atoms. The Morgan fingerprint density at radius 2 is 2.00 bits per heavy atom. The lowest BCUT2D eigenvalue weighted by molar-refractivity contribution is -0.0381. The summed E-state index contributed by atoms with van der Waals surface area (Å²) in [6.45, 7) is 5.06. The fourth-order valence-corrected chi connectivity index (χ4v) is 2.91. The van der Waals surface area contributed by atoms with Crippen LogP contribution in [0.1, 0.15) is 12.8 Å². The Morgan fingerprint density at radius 1 is 1.18 bits per heavy atom. The first-order valence-electron chi connectivity index (χ1n) is 6.67. The number of hydrogen-bond donors (Lipinski definition) is 1. The van der Waals surface area contributed by atoms with Crippen LogP contribution in [0.15, 0.2) is 0 Å². The van der Waals surface area contributed by atoms with Gasteiger partial charge < -0.3 is 19.9 Å². The fourth-order valence-electron chi connectivity index (χ4n) is 2.91. The molecule has 3 aliphatic heterocycles. The Balaban J connectivity index is 1.49. The highest BCUT2D eigenvalue weighted by atomic mass is 16.6. The lowest BCUT2D eigenvalue weighted by Gasteiger charge is -2.31. The average molecular weight is 242 g/mol. The number of hydrogen-bond acceptors (Lipinski definition) is 5. The largest absolute Gasteiger partial charge is 0.381 e. The van der Waals surface area contributed by atoms with Crippen molar-refractivity contribution in [2.24, 2.45) is 11.7 Å². The quantitative estimate of drug-likeness (QED) is 0.694. The van der Waals surface area contributed by atoms with Gasteiger partial charge in [-0.3, -0.25) is 4.90 Å². The van der Waals surface area contributed by atoms with E-state index in [0.717, 1.165) is 45.8 Å². The first-order chi connectivity index (χ1) is 8.38. The van der Waals surface area contributed by atoms with Crippen molar-refractivity contribution in [3.63, 3.8) is 0 Å². The molecule has 0 spiro atoms. The molecule has 0 bridgehead atoms. The summed E-state index contributed by atoms with van der Waals surface area (Å²) in [5.41, 5.74) is 5.65. The van der Waals surface area contributed by atoms with Gasteiger partial charge in [0.25, 0.3) is 0 Å². The molecule has 5 nitrogen and oxygen atoms in total. The molecule has 0 aliphatic carbocycles. The minimum atomic E-state index is 0.184. The number of epoxide rings is 1. The molecular formula is C12H22N2O3. The van der Waals surface area contributed by atoms with Crippen LogP contribution in [0.25, 0.3) is 0 Å². The molecule has 0 radical (unpaired) electrons. The van der Waals surface area contributed by atoms with Crippen LogP contribution in [0.3, 0.4) is 0 Å². The molecule has 98 valence electrons. The maximum Gasteiger partial charge on any atom is 0.138 e. The highest BCUT2D eigenvalue weighted by Gasteiger charge is 2.49. The summed E-state index contributed by atoms with van der Waals surface area (Å²) in [6, 6.07) is 0. The molecule has 3 unspecified atom stereocenters. The molecule has 3 aliphatic rings. The number of rotatable bonds is 3. The van der Waals surface area contributed by atoms with E-state index in [2.05, 4.69) is 4.90 Å². The van der Waals surface area contributed by atoms with Crippen molar-refractivity contribution in [1.29, 1.82) is 0 Å². The summed E-state index contributed by atoms with van der Waals surface area (Å²) in [5, 5.41) is 0. The smallest absolute Gasteiger partial charge is 0.138 e. The molecule has 3 rings (SSSR count). The van der Waals surface area contributed by atoms with E-state index in [1.54, 1.807) is 0 Å². The van der Waals surface area contributed by atoms with Gasteiger partial charge in [-0.25, -0.2) is 0 Å². The predicted octanol–water partition coefficient (Wildman–Crippen LogP) is -0.203. The van der Waals surface area contributed by atoms with Crippen LogP contribution in [0.5, 0.6) is 0 Å².